The standard InChI is InChI=1S/C25H33N3OS/c1-16-6-8-21(9-7-16)28-15-20-13-19-11-17(2)18(3)12-23(19)27-24(20)30-25(28)26-14-22-5-4-10-29-22/h11-13,16,21-22H,4-10,14-15H2,1-3H3/t16?,21?,22-/m0/s1. The highest BCUT2D eigenvalue weighted by Crippen LogP contribution is 2.38. The van der Waals surface area contributed by atoms with Gasteiger partial charge in [-0.2, -0.15) is 0 Å². The number of benzene rings is 1. The topological polar surface area (TPSA) is 37.7 Å². The lowest BCUT2D eigenvalue weighted by molar-refractivity contribution is 0.117. The first-order chi connectivity index (χ1) is 14.6. The van der Waals surface area contributed by atoms with E-state index in [1.807, 2.05) is 0 Å². The smallest absolute Gasteiger partial charge is 0.166 e. The van der Waals surface area contributed by atoms with Crippen LogP contribution in [0.25, 0.3) is 10.9 Å². The number of nitrogens with zero attached hydrogens (tertiary/aromatic N) is 3. The summed E-state index contributed by atoms with van der Waals surface area (Å²) in [5.74, 6) is 0.857. The van der Waals surface area contributed by atoms with E-state index in [4.69, 9.17) is 14.7 Å². The Morgan fingerprint density at radius 1 is 1.10 bits per heavy atom. The zero-order valence-corrected chi connectivity index (χ0v) is 19.3. The molecule has 1 atom stereocenters. The molecule has 2 aromatic rings. The number of fused-ring (bicyclic) bond motifs is 2. The zero-order valence-electron chi connectivity index (χ0n) is 18.5. The van der Waals surface area contributed by atoms with Crippen molar-refractivity contribution in [3.63, 3.8) is 0 Å². The van der Waals surface area contributed by atoms with Gasteiger partial charge in [0.2, 0.25) is 0 Å². The second-order valence-corrected chi connectivity index (χ2v) is 10.4. The highest BCUT2D eigenvalue weighted by molar-refractivity contribution is 8.13. The minimum atomic E-state index is 0.294. The van der Waals surface area contributed by atoms with Gasteiger partial charge in [-0.25, -0.2) is 4.98 Å². The van der Waals surface area contributed by atoms with Gasteiger partial charge in [-0.05, 0) is 99.4 Å². The Bertz CT molecular complexity index is 959. The van der Waals surface area contributed by atoms with Crippen LogP contribution in [-0.4, -0.2) is 40.3 Å². The second kappa shape index (κ2) is 8.51. The third kappa shape index (κ3) is 4.11. The third-order valence-corrected chi connectivity index (χ3v) is 8.22. The molecular weight excluding hydrogens is 390 g/mol. The van der Waals surface area contributed by atoms with E-state index in [0.29, 0.717) is 12.1 Å². The van der Waals surface area contributed by atoms with Crippen molar-refractivity contribution in [1.82, 2.24) is 9.88 Å². The first kappa shape index (κ1) is 20.3. The molecule has 2 fully saturated rings. The van der Waals surface area contributed by atoms with Gasteiger partial charge in [-0.15, -0.1) is 0 Å². The Balaban J connectivity index is 1.48. The number of pyridine rings is 1. The van der Waals surface area contributed by atoms with E-state index in [-0.39, 0.29) is 0 Å². The number of hydrogen-bond donors (Lipinski definition) is 0. The van der Waals surface area contributed by atoms with Gasteiger partial charge >= 0.3 is 0 Å². The minimum absolute atomic E-state index is 0.294. The molecule has 1 aromatic carbocycles. The summed E-state index contributed by atoms with van der Waals surface area (Å²) in [4.78, 5) is 12.7. The molecule has 0 bridgehead atoms. The summed E-state index contributed by atoms with van der Waals surface area (Å²) in [6.07, 6.45) is 7.80. The number of hydrogen-bond acceptors (Lipinski definition) is 4. The SMILES string of the molecule is Cc1cc2cc3c(nc2cc1C)SC(=NC[C@@H]1CCCO1)N(C1CCC(C)CC1)C3. The summed E-state index contributed by atoms with van der Waals surface area (Å²) in [5, 5.41) is 3.56. The molecule has 1 aliphatic carbocycles. The van der Waals surface area contributed by atoms with E-state index in [0.717, 1.165) is 47.7 Å². The predicted molar refractivity (Wildman–Crippen MR) is 125 cm³/mol. The first-order valence-corrected chi connectivity index (χ1v) is 12.4. The molecule has 4 nitrogen and oxygen atoms in total. The lowest BCUT2D eigenvalue weighted by Gasteiger charge is -2.40. The fourth-order valence-electron chi connectivity index (χ4n) is 5.00. The fraction of sp³-hybridized carbons (Fsp3) is 0.600. The maximum atomic E-state index is 5.84. The summed E-state index contributed by atoms with van der Waals surface area (Å²) < 4.78 is 5.84. The Morgan fingerprint density at radius 2 is 1.90 bits per heavy atom. The van der Waals surface area contributed by atoms with Gasteiger partial charge in [0.15, 0.2) is 5.17 Å². The molecule has 0 radical (unpaired) electrons. The first-order valence-electron chi connectivity index (χ1n) is 11.6. The van der Waals surface area contributed by atoms with Crippen molar-refractivity contribution >= 4 is 27.8 Å². The molecule has 1 aromatic heterocycles. The summed E-state index contributed by atoms with van der Waals surface area (Å²) in [7, 11) is 0. The quantitative estimate of drug-likeness (QED) is 0.618. The molecule has 30 heavy (non-hydrogen) atoms. The van der Waals surface area contributed by atoms with Crippen molar-refractivity contribution in [2.45, 2.75) is 83.0 Å². The largest absolute Gasteiger partial charge is 0.376 e. The van der Waals surface area contributed by atoms with Crippen LogP contribution in [0, 0.1) is 19.8 Å². The fourth-order valence-corrected chi connectivity index (χ4v) is 6.04. The molecule has 1 saturated carbocycles. The van der Waals surface area contributed by atoms with E-state index < -0.39 is 0 Å². The molecule has 0 N–H and O–H groups in total. The maximum Gasteiger partial charge on any atom is 0.166 e. The van der Waals surface area contributed by atoms with Crippen LogP contribution in [0.5, 0.6) is 0 Å². The van der Waals surface area contributed by atoms with Gasteiger partial charge < -0.3 is 9.64 Å². The normalized spacial score (nSPS) is 28.3. The number of amidine groups is 1. The lowest BCUT2D eigenvalue weighted by atomic mass is 9.86. The van der Waals surface area contributed by atoms with Crippen LogP contribution >= 0.6 is 11.8 Å². The van der Waals surface area contributed by atoms with Gasteiger partial charge in [0.25, 0.3) is 0 Å². The van der Waals surface area contributed by atoms with E-state index in [1.54, 1.807) is 11.8 Å². The number of aromatic nitrogens is 1. The highest BCUT2D eigenvalue weighted by Gasteiger charge is 2.32. The molecule has 0 spiro atoms. The summed E-state index contributed by atoms with van der Waals surface area (Å²) in [6.45, 7) is 9.35. The summed E-state index contributed by atoms with van der Waals surface area (Å²) >= 11 is 1.78. The maximum absolute atomic E-state index is 5.84. The van der Waals surface area contributed by atoms with Crippen molar-refractivity contribution in [1.29, 1.82) is 0 Å². The molecule has 3 heterocycles. The monoisotopic (exact) mass is 423 g/mol. The third-order valence-electron chi connectivity index (χ3n) is 7.12. The number of thioether (sulfide) groups is 1. The molecule has 2 aliphatic heterocycles. The van der Waals surface area contributed by atoms with Crippen LogP contribution in [0.15, 0.2) is 28.2 Å². The van der Waals surface area contributed by atoms with Crippen LogP contribution in [0.2, 0.25) is 0 Å². The van der Waals surface area contributed by atoms with Crippen molar-refractivity contribution in [3.8, 4) is 0 Å². The molecule has 0 amide bonds. The van der Waals surface area contributed by atoms with E-state index in [1.165, 1.54) is 54.2 Å². The number of rotatable bonds is 3. The predicted octanol–water partition coefficient (Wildman–Crippen LogP) is 5.87. The number of aryl methyl sites for hydroxylation is 2. The van der Waals surface area contributed by atoms with E-state index >= 15 is 0 Å². The van der Waals surface area contributed by atoms with E-state index in [2.05, 4.69) is 43.9 Å². The van der Waals surface area contributed by atoms with Gasteiger partial charge in [0.1, 0.15) is 5.03 Å². The van der Waals surface area contributed by atoms with Crippen LogP contribution < -0.4 is 0 Å². The van der Waals surface area contributed by atoms with Gasteiger partial charge in [-0.3, -0.25) is 4.99 Å². The molecule has 5 rings (SSSR count). The number of ether oxygens (including phenoxy) is 1. The minimum Gasteiger partial charge on any atom is -0.376 e. The Morgan fingerprint density at radius 3 is 2.67 bits per heavy atom. The van der Waals surface area contributed by atoms with Gasteiger partial charge in [-0.1, -0.05) is 6.92 Å². The van der Waals surface area contributed by atoms with Gasteiger partial charge in [0.05, 0.1) is 18.2 Å². The zero-order chi connectivity index (χ0) is 20.7. The highest BCUT2D eigenvalue weighted by atomic mass is 32.2. The van der Waals surface area contributed by atoms with E-state index in [9.17, 15) is 0 Å². The summed E-state index contributed by atoms with van der Waals surface area (Å²) in [6, 6.07) is 7.48. The molecule has 3 aliphatic rings. The molecule has 160 valence electrons. The van der Waals surface area contributed by atoms with Crippen molar-refractivity contribution in [2.75, 3.05) is 13.2 Å². The van der Waals surface area contributed by atoms with Crippen molar-refractivity contribution < 1.29 is 4.74 Å². The number of aliphatic imine (C=N–C) groups is 1. The van der Waals surface area contributed by atoms with Crippen LogP contribution in [0.4, 0.5) is 0 Å². The van der Waals surface area contributed by atoms with Crippen LogP contribution in [-0.2, 0) is 11.3 Å². The average Bonchev–Trinajstić information content (AvgIpc) is 3.26. The Hall–Kier alpha value is -1.59. The molecule has 1 saturated heterocycles. The van der Waals surface area contributed by atoms with Crippen molar-refractivity contribution in [2.24, 2.45) is 10.9 Å². The molecule has 0 unspecified atom stereocenters. The lowest BCUT2D eigenvalue weighted by Crippen LogP contribution is -2.42. The molecule has 5 heteroatoms. The Kier molecular flexibility index (Phi) is 5.76. The molecular formula is C25H33N3OS. The second-order valence-electron chi connectivity index (χ2n) is 9.48. The van der Waals surface area contributed by atoms with Crippen LogP contribution in [0.3, 0.4) is 0 Å². The van der Waals surface area contributed by atoms with Crippen LogP contribution in [0.1, 0.15) is 62.1 Å². The average molecular weight is 424 g/mol. The van der Waals surface area contributed by atoms with Gasteiger partial charge in [0, 0.05) is 30.1 Å². The van der Waals surface area contributed by atoms with Crippen molar-refractivity contribution in [3.05, 3.63) is 34.9 Å². The Labute approximate surface area is 184 Å². The summed E-state index contributed by atoms with van der Waals surface area (Å²) in [5.41, 5.74) is 5.10.